The molecule has 0 aliphatic carbocycles. The molecule has 0 spiro atoms. The quantitative estimate of drug-likeness (QED) is 0.883. The van der Waals surface area contributed by atoms with Gasteiger partial charge in [-0.2, -0.15) is 0 Å². The van der Waals surface area contributed by atoms with Gasteiger partial charge in [-0.1, -0.05) is 18.2 Å². The van der Waals surface area contributed by atoms with E-state index in [1.165, 1.54) is 42.4 Å². The van der Waals surface area contributed by atoms with E-state index in [1.54, 1.807) is 0 Å². The highest BCUT2D eigenvalue weighted by molar-refractivity contribution is 5.32. The first kappa shape index (κ1) is 12.2. The second-order valence-electron chi connectivity index (χ2n) is 5.91. The zero-order chi connectivity index (χ0) is 12.5. The smallest absolute Gasteiger partial charge is 0.0725 e. The Morgan fingerprint density at radius 2 is 1.72 bits per heavy atom. The van der Waals surface area contributed by atoms with Crippen LogP contribution in [0, 0.1) is 13.8 Å². The van der Waals surface area contributed by atoms with Crippen LogP contribution in [0.2, 0.25) is 0 Å². The summed E-state index contributed by atoms with van der Waals surface area (Å²) < 4.78 is 6.17. The topological polar surface area (TPSA) is 21.3 Å². The third kappa shape index (κ3) is 2.45. The number of hydrogen-bond acceptors (Lipinski definition) is 2. The Balaban J connectivity index is 1.61. The largest absolute Gasteiger partial charge is 0.373 e. The van der Waals surface area contributed by atoms with Crippen LogP contribution in [0.3, 0.4) is 0 Å². The van der Waals surface area contributed by atoms with Crippen LogP contribution < -0.4 is 5.32 Å². The first-order chi connectivity index (χ1) is 8.72. The summed E-state index contributed by atoms with van der Waals surface area (Å²) in [6.45, 7) is 5.14. The number of nitrogens with one attached hydrogen (secondary N) is 1. The molecule has 1 N–H and O–H groups in total. The Morgan fingerprint density at radius 3 is 2.33 bits per heavy atom. The van der Waals surface area contributed by atoms with Crippen molar-refractivity contribution in [2.45, 2.75) is 64.3 Å². The highest BCUT2D eigenvalue weighted by Gasteiger charge is 2.33. The molecule has 2 aliphatic rings. The molecule has 2 atom stereocenters. The Hall–Kier alpha value is -0.860. The van der Waals surface area contributed by atoms with Crippen LogP contribution >= 0.6 is 0 Å². The Bertz CT molecular complexity index is 397. The van der Waals surface area contributed by atoms with Gasteiger partial charge in [0.1, 0.15) is 0 Å². The average molecular weight is 245 g/mol. The predicted molar refractivity (Wildman–Crippen MR) is 73.7 cm³/mol. The van der Waals surface area contributed by atoms with Gasteiger partial charge in [0, 0.05) is 12.1 Å². The standard InChI is InChI=1S/C16H23NO/c1-11-4-3-5-12(2)16(11)10-18-15-8-13-6-7-14(9-15)17-13/h3-5,13-15,17H,6-10H2,1-2H3. The number of ether oxygens (including phenoxy) is 1. The van der Waals surface area contributed by atoms with E-state index in [0.29, 0.717) is 18.2 Å². The van der Waals surface area contributed by atoms with Crippen molar-refractivity contribution in [2.24, 2.45) is 0 Å². The van der Waals surface area contributed by atoms with E-state index in [-0.39, 0.29) is 0 Å². The third-order valence-electron chi connectivity index (χ3n) is 4.54. The van der Waals surface area contributed by atoms with Crippen molar-refractivity contribution < 1.29 is 4.74 Å². The third-order valence-corrected chi connectivity index (χ3v) is 4.54. The van der Waals surface area contributed by atoms with Crippen molar-refractivity contribution in [1.29, 1.82) is 0 Å². The minimum Gasteiger partial charge on any atom is -0.373 e. The number of benzene rings is 1. The summed E-state index contributed by atoms with van der Waals surface area (Å²) in [7, 11) is 0. The lowest BCUT2D eigenvalue weighted by Crippen LogP contribution is -2.41. The van der Waals surface area contributed by atoms with Crippen LogP contribution in [-0.4, -0.2) is 18.2 Å². The van der Waals surface area contributed by atoms with Crippen molar-refractivity contribution in [2.75, 3.05) is 0 Å². The fourth-order valence-corrected chi connectivity index (χ4v) is 3.42. The maximum absolute atomic E-state index is 6.17. The first-order valence-electron chi connectivity index (χ1n) is 7.15. The Morgan fingerprint density at radius 1 is 1.11 bits per heavy atom. The maximum Gasteiger partial charge on any atom is 0.0725 e. The van der Waals surface area contributed by atoms with Crippen LogP contribution in [0.4, 0.5) is 0 Å². The summed E-state index contributed by atoms with van der Waals surface area (Å²) in [5.41, 5.74) is 4.09. The van der Waals surface area contributed by atoms with E-state index in [4.69, 9.17) is 4.74 Å². The van der Waals surface area contributed by atoms with Crippen molar-refractivity contribution in [3.63, 3.8) is 0 Å². The fourth-order valence-electron chi connectivity index (χ4n) is 3.42. The van der Waals surface area contributed by atoms with Crippen LogP contribution in [0.15, 0.2) is 18.2 Å². The van der Waals surface area contributed by atoms with E-state index in [0.717, 1.165) is 6.61 Å². The molecular weight excluding hydrogens is 222 g/mol. The van der Waals surface area contributed by atoms with Gasteiger partial charge in [-0.05, 0) is 56.2 Å². The van der Waals surface area contributed by atoms with Crippen LogP contribution in [0.25, 0.3) is 0 Å². The van der Waals surface area contributed by atoms with Crippen LogP contribution in [-0.2, 0) is 11.3 Å². The summed E-state index contributed by atoms with van der Waals surface area (Å²) in [5.74, 6) is 0. The molecule has 2 bridgehead atoms. The molecule has 0 saturated carbocycles. The molecule has 2 heterocycles. The second-order valence-corrected chi connectivity index (χ2v) is 5.91. The minimum absolute atomic E-state index is 0.461. The molecule has 18 heavy (non-hydrogen) atoms. The molecule has 3 rings (SSSR count). The lowest BCUT2D eigenvalue weighted by atomic mass is 10.0. The van der Waals surface area contributed by atoms with Crippen molar-refractivity contribution in [3.8, 4) is 0 Å². The van der Waals surface area contributed by atoms with E-state index in [2.05, 4.69) is 37.4 Å². The molecule has 0 aromatic heterocycles. The van der Waals surface area contributed by atoms with Crippen LogP contribution in [0.5, 0.6) is 0 Å². The molecule has 2 heteroatoms. The summed E-state index contributed by atoms with van der Waals surface area (Å²) in [4.78, 5) is 0. The SMILES string of the molecule is Cc1cccc(C)c1COC1CC2CCC(C1)N2. The molecule has 0 radical (unpaired) electrons. The lowest BCUT2D eigenvalue weighted by Gasteiger charge is -2.29. The number of aryl methyl sites for hydroxylation is 2. The van der Waals surface area contributed by atoms with Crippen molar-refractivity contribution in [1.82, 2.24) is 5.32 Å². The van der Waals surface area contributed by atoms with Crippen molar-refractivity contribution in [3.05, 3.63) is 34.9 Å². The molecule has 2 nitrogen and oxygen atoms in total. The zero-order valence-corrected chi connectivity index (χ0v) is 11.4. The molecule has 2 fully saturated rings. The highest BCUT2D eigenvalue weighted by Crippen LogP contribution is 2.29. The summed E-state index contributed by atoms with van der Waals surface area (Å²) >= 11 is 0. The van der Waals surface area contributed by atoms with E-state index in [1.807, 2.05) is 0 Å². The van der Waals surface area contributed by atoms with Gasteiger partial charge < -0.3 is 10.1 Å². The monoisotopic (exact) mass is 245 g/mol. The fraction of sp³-hybridized carbons (Fsp3) is 0.625. The molecule has 0 amide bonds. The second kappa shape index (κ2) is 5.02. The zero-order valence-electron chi connectivity index (χ0n) is 11.4. The van der Waals surface area contributed by atoms with Crippen molar-refractivity contribution >= 4 is 0 Å². The molecule has 2 aliphatic heterocycles. The van der Waals surface area contributed by atoms with Gasteiger partial charge in [0.15, 0.2) is 0 Å². The van der Waals surface area contributed by atoms with E-state index >= 15 is 0 Å². The molecule has 2 unspecified atom stereocenters. The van der Waals surface area contributed by atoms with Gasteiger partial charge in [-0.25, -0.2) is 0 Å². The van der Waals surface area contributed by atoms with Gasteiger partial charge in [0.2, 0.25) is 0 Å². The van der Waals surface area contributed by atoms with Crippen LogP contribution in [0.1, 0.15) is 42.4 Å². The Kier molecular flexibility index (Phi) is 3.40. The first-order valence-corrected chi connectivity index (χ1v) is 7.15. The maximum atomic E-state index is 6.17. The van der Waals surface area contributed by atoms with Gasteiger partial charge in [0.25, 0.3) is 0 Å². The normalized spacial score (nSPS) is 30.7. The molecule has 1 aromatic rings. The average Bonchev–Trinajstić information content (AvgIpc) is 2.68. The number of fused-ring (bicyclic) bond motifs is 2. The summed E-state index contributed by atoms with van der Waals surface area (Å²) in [6, 6.07) is 7.91. The molecular formula is C16H23NO. The molecule has 1 aromatic carbocycles. The van der Waals surface area contributed by atoms with Gasteiger partial charge in [0.05, 0.1) is 12.7 Å². The molecule has 98 valence electrons. The lowest BCUT2D eigenvalue weighted by molar-refractivity contribution is 0.00876. The van der Waals surface area contributed by atoms with E-state index in [9.17, 15) is 0 Å². The van der Waals surface area contributed by atoms with Gasteiger partial charge >= 0.3 is 0 Å². The highest BCUT2D eigenvalue weighted by atomic mass is 16.5. The molecule has 2 saturated heterocycles. The Labute approximate surface area is 110 Å². The number of piperidine rings is 1. The predicted octanol–water partition coefficient (Wildman–Crippen LogP) is 3.10. The summed E-state index contributed by atoms with van der Waals surface area (Å²) in [6.07, 6.45) is 5.53. The van der Waals surface area contributed by atoms with E-state index < -0.39 is 0 Å². The van der Waals surface area contributed by atoms with Gasteiger partial charge in [-0.15, -0.1) is 0 Å². The van der Waals surface area contributed by atoms with Gasteiger partial charge in [-0.3, -0.25) is 0 Å². The minimum atomic E-state index is 0.461. The number of hydrogen-bond donors (Lipinski definition) is 1. The summed E-state index contributed by atoms with van der Waals surface area (Å²) in [5, 5.41) is 3.66. The number of rotatable bonds is 3.